The molecule has 15 heavy (non-hydrogen) atoms. The zero-order valence-electron chi connectivity index (χ0n) is 9.67. The molecule has 0 bridgehead atoms. The number of rotatable bonds is 4. The quantitative estimate of drug-likeness (QED) is 0.760. The standard InChI is InChI=1S/C12H22N2O/c1-13-9-11-4-2-3-7-14(11)12(15)8-10-5-6-10/h10-11,13H,2-9H2,1H3. The second kappa shape index (κ2) is 4.97. The summed E-state index contributed by atoms with van der Waals surface area (Å²) in [6.07, 6.45) is 7.00. The van der Waals surface area contributed by atoms with Gasteiger partial charge in [0.2, 0.25) is 5.91 Å². The fourth-order valence-electron chi connectivity index (χ4n) is 2.46. The van der Waals surface area contributed by atoms with Crippen molar-refractivity contribution < 1.29 is 4.79 Å². The molecule has 0 radical (unpaired) electrons. The second-order valence-corrected chi connectivity index (χ2v) is 4.94. The minimum Gasteiger partial charge on any atom is -0.338 e. The van der Waals surface area contributed by atoms with Crippen molar-refractivity contribution >= 4 is 5.91 Å². The van der Waals surface area contributed by atoms with Crippen LogP contribution in [-0.4, -0.2) is 37.0 Å². The Balaban J connectivity index is 1.87. The first-order valence-corrected chi connectivity index (χ1v) is 6.25. The molecule has 86 valence electrons. The number of likely N-dealkylation sites (tertiary alicyclic amines) is 1. The summed E-state index contributed by atoms with van der Waals surface area (Å²) >= 11 is 0. The number of carbonyl (C=O) groups excluding carboxylic acids is 1. The third kappa shape index (κ3) is 2.94. The molecule has 2 fully saturated rings. The molecule has 0 aromatic carbocycles. The predicted octanol–water partition coefficient (Wildman–Crippen LogP) is 1.39. The number of nitrogens with one attached hydrogen (secondary N) is 1. The lowest BCUT2D eigenvalue weighted by atomic mass is 10.0. The van der Waals surface area contributed by atoms with Crippen LogP contribution in [0.3, 0.4) is 0 Å². The van der Waals surface area contributed by atoms with E-state index >= 15 is 0 Å². The van der Waals surface area contributed by atoms with Gasteiger partial charge in [-0.3, -0.25) is 4.79 Å². The van der Waals surface area contributed by atoms with Gasteiger partial charge < -0.3 is 10.2 Å². The van der Waals surface area contributed by atoms with Crippen LogP contribution in [0.1, 0.15) is 38.5 Å². The molecule has 1 amide bonds. The summed E-state index contributed by atoms with van der Waals surface area (Å²) in [7, 11) is 1.97. The topological polar surface area (TPSA) is 32.3 Å². The van der Waals surface area contributed by atoms with Crippen LogP contribution in [0.15, 0.2) is 0 Å². The average molecular weight is 210 g/mol. The van der Waals surface area contributed by atoms with Crippen molar-refractivity contribution in [2.24, 2.45) is 5.92 Å². The normalized spacial score (nSPS) is 26.7. The Kier molecular flexibility index (Phi) is 3.62. The third-order valence-corrected chi connectivity index (χ3v) is 3.55. The summed E-state index contributed by atoms with van der Waals surface area (Å²) in [5.41, 5.74) is 0. The van der Waals surface area contributed by atoms with Crippen LogP contribution >= 0.6 is 0 Å². The van der Waals surface area contributed by atoms with E-state index in [1.165, 1.54) is 32.1 Å². The zero-order chi connectivity index (χ0) is 10.7. The molecule has 1 unspecified atom stereocenters. The van der Waals surface area contributed by atoms with E-state index < -0.39 is 0 Å². The van der Waals surface area contributed by atoms with Gasteiger partial charge in [0.25, 0.3) is 0 Å². The Hall–Kier alpha value is -0.570. The molecular weight excluding hydrogens is 188 g/mol. The van der Waals surface area contributed by atoms with E-state index in [4.69, 9.17) is 0 Å². The Morgan fingerprint density at radius 1 is 1.33 bits per heavy atom. The molecule has 3 nitrogen and oxygen atoms in total. The molecule has 0 spiro atoms. The van der Waals surface area contributed by atoms with E-state index in [0.717, 1.165) is 25.4 Å². The highest BCUT2D eigenvalue weighted by Crippen LogP contribution is 2.33. The SMILES string of the molecule is CNCC1CCCCN1C(=O)CC1CC1. The number of piperidine rings is 1. The first kappa shape index (κ1) is 10.9. The first-order valence-electron chi connectivity index (χ1n) is 6.25. The summed E-state index contributed by atoms with van der Waals surface area (Å²) in [6, 6.07) is 0.454. The first-order chi connectivity index (χ1) is 7.31. The summed E-state index contributed by atoms with van der Waals surface area (Å²) in [5, 5.41) is 3.20. The smallest absolute Gasteiger partial charge is 0.223 e. The second-order valence-electron chi connectivity index (χ2n) is 4.94. The maximum atomic E-state index is 12.0. The van der Waals surface area contributed by atoms with Gasteiger partial charge in [-0.15, -0.1) is 0 Å². The van der Waals surface area contributed by atoms with E-state index in [0.29, 0.717) is 11.9 Å². The highest BCUT2D eigenvalue weighted by Gasteiger charge is 2.31. The molecule has 1 heterocycles. The van der Waals surface area contributed by atoms with E-state index in [1.54, 1.807) is 0 Å². The van der Waals surface area contributed by atoms with Crippen molar-refractivity contribution in [2.75, 3.05) is 20.1 Å². The van der Waals surface area contributed by atoms with Gasteiger partial charge in [-0.25, -0.2) is 0 Å². The summed E-state index contributed by atoms with van der Waals surface area (Å²) < 4.78 is 0. The molecule has 0 aromatic heterocycles. The van der Waals surface area contributed by atoms with Crippen molar-refractivity contribution in [3.63, 3.8) is 0 Å². The maximum absolute atomic E-state index is 12.0. The van der Waals surface area contributed by atoms with E-state index in [-0.39, 0.29) is 0 Å². The van der Waals surface area contributed by atoms with Crippen LogP contribution in [-0.2, 0) is 4.79 Å². The molecule has 3 heteroatoms. The molecule has 1 N–H and O–H groups in total. The molecule has 1 aliphatic heterocycles. The van der Waals surface area contributed by atoms with Crippen LogP contribution in [0.25, 0.3) is 0 Å². The summed E-state index contributed by atoms with van der Waals surface area (Å²) in [4.78, 5) is 14.2. The van der Waals surface area contributed by atoms with Crippen LogP contribution in [0.2, 0.25) is 0 Å². The number of hydrogen-bond acceptors (Lipinski definition) is 2. The van der Waals surface area contributed by atoms with Gasteiger partial charge >= 0.3 is 0 Å². The Morgan fingerprint density at radius 2 is 2.13 bits per heavy atom. The molecular formula is C12H22N2O. The fourth-order valence-corrected chi connectivity index (χ4v) is 2.46. The largest absolute Gasteiger partial charge is 0.338 e. The number of hydrogen-bond donors (Lipinski definition) is 1. The van der Waals surface area contributed by atoms with Crippen molar-refractivity contribution in [3.8, 4) is 0 Å². The monoisotopic (exact) mass is 210 g/mol. The number of nitrogens with zero attached hydrogens (tertiary/aromatic N) is 1. The number of carbonyl (C=O) groups is 1. The van der Waals surface area contributed by atoms with Gasteiger partial charge in [0, 0.05) is 25.6 Å². The maximum Gasteiger partial charge on any atom is 0.223 e. The van der Waals surface area contributed by atoms with Gasteiger partial charge in [-0.1, -0.05) is 0 Å². The van der Waals surface area contributed by atoms with Gasteiger partial charge in [0.1, 0.15) is 0 Å². The molecule has 1 aliphatic carbocycles. The van der Waals surface area contributed by atoms with E-state index in [1.807, 2.05) is 7.05 Å². The van der Waals surface area contributed by atoms with Crippen LogP contribution < -0.4 is 5.32 Å². The molecule has 2 aliphatic rings. The molecule has 2 rings (SSSR count). The van der Waals surface area contributed by atoms with Gasteiger partial charge in [0.15, 0.2) is 0 Å². The lowest BCUT2D eigenvalue weighted by Gasteiger charge is -2.36. The predicted molar refractivity (Wildman–Crippen MR) is 60.6 cm³/mol. The zero-order valence-corrected chi connectivity index (χ0v) is 9.67. The molecule has 1 saturated heterocycles. The van der Waals surface area contributed by atoms with E-state index in [9.17, 15) is 4.79 Å². The molecule has 1 atom stereocenters. The Labute approximate surface area is 92.2 Å². The van der Waals surface area contributed by atoms with Crippen LogP contribution in [0, 0.1) is 5.92 Å². The third-order valence-electron chi connectivity index (χ3n) is 3.55. The number of amides is 1. The van der Waals surface area contributed by atoms with Gasteiger partial charge in [0.05, 0.1) is 0 Å². The lowest BCUT2D eigenvalue weighted by molar-refractivity contribution is -0.135. The van der Waals surface area contributed by atoms with Gasteiger partial charge in [-0.05, 0) is 45.1 Å². The van der Waals surface area contributed by atoms with Gasteiger partial charge in [-0.2, -0.15) is 0 Å². The van der Waals surface area contributed by atoms with Crippen molar-refractivity contribution in [1.82, 2.24) is 10.2 Å². The minimum absolute atomic E-state index is 0.400. The summed E-state index contributed by atoms with van der Waals surface area (Å²) in [5.74, 6) is 1.12. The van der Waals surface area contributed by atoms with Crippen LogP contribution in [0.4, 0.5) is 0 Å². The Bertz CT molecular complexity index is 224. The average Bonchev–Trinajstić information content (AvgIpc) is 3.03. The molecule has 1 saturated carbocycles. The minimum atomic E-state index is 0.400. The van der Waals surface area contributed by atoms with Crippen molar-refractivity contribution in [2.45, 2.75) is 44.6 Å². The van der Waals surface area contributed by atoms with Crippen molar-refractivity contribution in [3.05, 3.63) is 0 Å². The van der Waals surface area contributed by atoms with Crippen molar-refractivity contribution in [1.29, 1.82) is 0 Å². The highest BCUT2D eigenvalue weighted by molar-refractivity contribution is 5.77. The lowest BCUT2D eigenvalue weighted by Crippen LogP contribution is -2.48. The summed E-state index contributed by atoms with van der Waals surface area (Å²) in [6.45, 7) is 1.94. The van der Waals surface area contributed by atoms with E-state index in [2.05, 4.69) is 10.2 Å². The fraction of sp³-hybridized carbons (Fsp3) is 0.917. The Morgan fingerprint density at radius 3 is 2.80 bits per heavy atom. The number of likely N-dealkylation sites (N-methyl/N-ethyl adjacent to an activating group) is 1. The molecule has 0 aromatic rings. The highest BCUT2D eigenvalue weighted by atomic mass is 16.2. The van der Waals surface area contributed by atoms with Crippen LogP contribution in [0.5, 0.6) is 0 Å².